The van der Waals surface area contributed by atoms with Crippen LogP contribution in [0.25, 0.3) is 0 Å². The molecule has 0 aliphatic carbocycles. The average Bonchev–Trinajstić information content (AvgIpc) is 2.40. The summed E-state index contributed by atoms with van der Waals surface area (Å²) in [4.78, 5) is 24.5. The Labute approximate surface area is 125 Å². The quantitative estimate of drug-likeness (QED) is 0.619. The predicted molar refractivity (Wildman–Crippen MR) is 83.5 cm³/mol. The molecule has 6 nitrogen and oxygen atoms in total. The Morgan fingerprint density at radius 1 is 1.48 bits per heavy atom. The highest BCUT2D eigenvalue weighted by atomic mass is 16.6. The van der Waals surface area contributed by atoms with Gasteiger partial charge in [0.2, 0.25) is 5.91 Å². The Hall–Kier alpha value is -1.95. The summed E-state index contributed by atoms with van der Waals surface area (Å²) >= 11 is 0. The third kappa shape index (κ3) is 5.15. The van der Waals surface area contributed by atoms with Crippen LogP contribution >= 0.6 is 0 Å². The molecule has 0 aliphatic heterocycles. The maximum absolute atomic E-state index is 12.0. The van der Waals surface area contributed by atoms with Crippen LogP contribution in [-0.4, -0.2) is 35.4 Å². The fraction of sp³-hybridized carbons (Fsp3) is 0.533. The molecule has 1 unspecified atom stereocenters. The van der Waals surface area contributed by atoms with Crippen molar-refractivity contribution in [2.45, 2.75) is 39.7 Å². The van der Waals surface area contributed by atoms with Gasteiger partial charge in [-0.1, -0.05) is 19.4 Å². The van der Waals surface area contributed by atoms with E-state index in [0.717, 1.165) is 18.4 Å². The van der Waals surface area contributed by atoms with E-state index in [-0.39, 0.29) is 23.8 Å². The minimum atomic E-state index is -0.480. The molecule has 0 spiro atoms. The summed E-state index contributed by atoms with van der Waals surface area (Å²) in [6, 6.07) is 5.07. The van der Waals surface area contributed by atoms with Crippen LogP contribution in [0.1, 0.15) is 32.3 Å². The van der Waals surface area contributed by atoms with E-state index in [1.807, 2.05) is 11.9 Å². The van der Waals surface area contributed by atoms with Crippen molar-refractivity contribution in [2.75, 3.05) is 18.9 Å². The van der Waals surface area contributed by atoms with Crippen LogP contribution < -0.4 is 5.32 Å². The standard InChI is InChI=1S/C15H23N3O3/c1-5-6-12(3)17(4)10-15(19)16-13-8-7-11(2)9-14(13)18(20)21/h7-9,12H,5-6,10H2,1-4H3,(H,16,19). The summed E-state index contributed by atoms with van der Waals surface area (Å²) in [5.41, 5.74) is 0.952. The first-order valence-corrected chi connectivity index (χ1v) is 7.10. The maximum atomic E-state index is 12.0. The Morgan fingerprint density at radius 2 is 2.14 bits per heavy atom. The van der Waals surface area contributed by atoms with Crippen LogP contribution in [0.5, 0.6) is 0 Å². The molecule has 0 fully saturated rings. The third-order valence-electron chi connectivity index (χ3n) is 3.48. The number of hydrogen-bond acceptors (Lipinski definition) is 4. The lowest BCUT2D eigenvalue weighted by Gasteiger charge is -2.23. The summed E-state index contributed by atoms with van der Waals surface area (Å²) in [6.07, 6.45) is 2.06. The lowest BCUT2D eigenvalue weighted by molar-refractivity contribution is -0.384. The number of carbonyl (C=O) groups is 1. The van der Waals surface area contributed by atoms with E-state index in [0.29, 0.717) is 6.04 Å². The normalized spacial score (nSPS) is 12.2. The lowest BCUT2D eigenvalue weighted by atomic mass is 10.1. The average molecular weight is 293 g/mol. The van der Waals surface area contributed by atoms with E-state index in [2.05, 4.69) is 19.2 Å². The molecule has 0 heterocycles. The zero-order valence-corrected chi connectivity index (χ0v) is 13.0. The first-order chi connectivity index (χ1) is 9.85. The number of nitro benzene ring substituents is 1. The molecule has 1 aromatic carbocycles. The fourth-order valence-electron chi connectivity index (χ4n) is 2.11. The lowest BCUT2D eigenvalue weighted by Crippen LogP contribution is -2.36. The fourth-order valence-corrected chi connectivity index (χ4v) is 2.11. The van der Waals surface area contributed by atoms with Crippen LogP contribution in [-0.2, 0) is 4.79 Å². The molecular weight excluding hydrogens is 270 g/mol. The Balaban J connectivity index is 2.73. The van der Waals surface area contributed by atoms with E-state index < -0.39 is 4.92 Å². The number of benzene rings is 1. The van der Waals surface area contributed by atoms with E-state index in [4.69, 9.17) is 0 Å². The smallest absolute Gasteiger partial charge is 0.293 e. The van der Waals surface area contributed by atoms with Gasteiger partial charge < -0.3 is 5.32 Å². The Morgan fingerprint density at radius 3 is 2.71 bits per heavy atom. The molecule has 0 aromatic heterocycles. The largest absolute Gasteiger partial charge is 0.319 e. The van der Waals surface area contributed by atoms with Crippen molar-refractivity contribution in [3.8, 4) is 0 Å². The minimum Gasteiger partial charge on any atom is -0.319 e. The molecule has 1 rings (SSSR count). The van der Waals surface area contributed by atoms with Crippen molar-refractivity contribution in [2.24, 2.45) is 0 Å². The van der Waals surface area contributed by atoms with Gasteiger partial charge in [-0.15, -0.1) is 0 Å². The van der Waals surface area contributed by atoms with Crippen LogP contribution in [0, 0.1) is 17.0 Å². The number of nitrogens with one attached hydrogen (secondary N) is 1. The zero-order chi connectivity index (χ0) is 16.0. The summed E-state index contributed by atoms with van der Waals surface area (Å²) in [6.45, 7) is 6.15. The van der Waals surface area contributed by atoms with Gasteiger partial charge in [-0.3, -0.25) is 19.8 Å². The molecule has 1 amide bonds. The SMILES string of the molecule is CCCC(C)N(C)CC(=O)Nc1ccc(C)cc1[N+](=O)[O-]. The second-order valence-electron chi connectivity index (χ2n) is 5.38. The molecule has 0 aliphatic rings. The highest BCUT2D eigenvalue weighted by Gasteiger charge is 2.18. The van der Waals surface area contributed by atoms with Crippen molar-refractivity contribution in [3.63, 3.8) is 0 Å². The second-order valence-corrected chi connectivity index (χ2v) is 5.38. The highest BCUT2D eigenvalue weighted by Crippen LogP contribution is 2.25. The van der Waals surface area contributed by atoms with Gasteiger partial charge >= 0.3 is 0 Å². The van der Waals surface area contributed by atoms with Crippen molar-refractivity contribution < 1.29 is 9.72 Å². The molecule has 0 saturated heterocycles. The molecule has 6 heteroatoms. The van der Waals surface area contributed by atoms with Crippen molar-refractivity contribution >= 4 is 17.3 Å². The first-order valence-electron chi connectivity index (χ1n) is 7.10. The summed E-state index contributed by atoms with van der Waals surface area (Å²) in [7, 11) is 1.88. The van der Waals surface area contributed by atoms with Gasteiger partial charge in [-0.2, -0.15) is 0 Å². The minimum absolute atomic E-state index is 0.0763. The topological polar surface area (TPSA) is 75.5 Å². The van der Waals surface area contributed by atoms with E-state index in [9.17, 15) is 14.9 Å². The van der Waals surface area contributed by atoms with Crippen molar-refractivity contribution in [1.82, 2.24) is 4.90 Å². The van der Waals surface area contributed by atoms with Crippen LogP contribution in [0.4, 0.5) is 11.4 Å². The number of amides is 1. The number of hydrogen-bond donors (Lipinski definition) is 1. The Kier molecular flexibility index (Phi) is 6.30. The second kappa shape index (κ2) is 7.73. The molecule has 0 saturated carbocycles. The summed E-state index contributed by atoms with van der Waals surface area (Å²) in [5.74, 6) is -0.243. The van der Waals surface area contributed by atoms with E-state index in [1.165, 1.54) is 6.07 Å². The summed E-state index contributed by atoms with van der Waals surface area (Å²) < 4.78 is 0. The third-order valence-corrected chi connectivity index (χ3v) is 3.48. The van der Waals surface area contributed by atoms with Crippen LogP contribution in [0.3, 0.4) is 0 Å². The number of anilines is 1. The van der Waals surface area contributed by atoms with Gasteiger partial charge in [0, 0.05) is 12.1 Å². The van der Waals surface area contributed by atoms with Gasteiger partial charge in [0.05, 0.1) is 11.5 Å². The molecule has 21 heavy (non-hydrogen) atoms. The molecule has 1 aromatic rings. The first kappa shape index (κ1) is 17.1. The number of nitro groups is 1. The summed E-state index contributed by atoms with van der Waals surface area (Å²) in [5, 5.41) is 13.6. The van der Waals surface area contributed by atoms with Crippen LogP contribution in [0.15, 0.2) is 18.2 Å². The number of likely N-dealkylation sites (N-methyl/N-ethyl adjacent to an activating group) is 1. The number of carbonyl (C=O) groups excluding carboxylic acids is 1. The number of nitrogens with zero attached hydrogens (tertiary/aromatic N) is 2. The van der Waals surface area contributed by atoms with Gasteiger partial charge in [0.25, 0.3) is 5.69 Å². The van der Waals surface area contributed by atoms with Crippen molar-refractivity contribution in [1.29, 1.82) is 0 Å². The number of aryl methyl sites for hydroxylation is 1. The number of rotatable bonds is 7. The molecule has 116 valence electrons. The van der Waals surface area contributed by atoms with Crippen LogP contribution in [0.2, 0.25) is 0 Å². The van der Waals surface area contributed by atoms with E-state index in [1.54, 1.807) is 19.1 Å². The Bertz CT molecular complexity index is 517. The van der Waals surface area contributed by atoms with Gasteiger partial charge in [0.1, 0.15) is 5.69 Å². The molecular formula is C15H23N3O3. The monoisotopic (exact) mass is 293 g/mol. The predicted octanol–water partition coefficient (Wildman–Crippen LogP) is 2.96. The van der Waals surface area contributed by atoms with E-state index >= 15 is 0 Å². The van der Waals surface area contributed by atoms with Crippen molar-refractivity contribution in [3.05, 3.63) is 33.9 Å². The molecule has 0 bridgehead atoms. The maximum Gasteiger partial charge on any atom is 0.293 e. The molecule has 0 radical (unpaired) electrons. The highest BCUT2D eigenvalue weighted by molar-refractivity contribution is 5.94. The molecule has 1 atom stereocenters. The zero-order valence-electron chi connectivity index (χ0n) is 13.0. The molecule has 1 N–H and O–H groups in total. The van der Waals surface area contributed by atoms with Gasteiger partial charge in [-0.05, 0) is 38.9 Å². The van der Waals surface area contributed by atoms with Gasteiger partial charge in [-0.25, -0.2) is 0 Å². The van der Waals surface area contributed by atoms with Gasteiger partial charge in [0.15, 0.2) is 0 Å².